The fraction of sp³-hybridized carbons (Fsp3) is 0.176. The molecule has 4 nitrogen and oxygen atoms in total. The van der Waals surface area contributed by atoms with Gasteiger partial charge >= 0.3 is 0 Å². The molecule has 0 aliphatic heterocycles. The summed E-state index contributed by atoms with van der Waals surface area (Å²) in [7, 11) is 0. The van der Waals surface area contributed by atoms with Crippen LogP contribution in [0.4, 0.5) is 0 Å². The largest absolute Gasteiger partial charge is 0.436 e. The van der Waals surface area contributed by atoms with Crippen molar-refractivity contribution in [1.82, 2.24) is 9.97 Å². The SMILES string of the molecule is CC(C)c1ccc2oc(-c3ccc(C=Cc4ccc(-c5nc6cc(C(C)C)ccc6o5)cc4)cc3)nc2c1. The smallest absolute Gasteiger partial charge is 0.227 e. The summed E-state index contributed by atoms with van der Waals surface area (Å²) < 4.78 is 12.0. The van der Waals surface area contributed by atoms with Crippen molar-refractivity contribution in [2.45, 2.75) is 39.5 Å². The van der Waals surface area contributed by atoms with Crippen molar-refractivity contribution < 1.29 is 8.83 Å². The highest BCUT2D eigenvalue weighted by atomic mass is 16.4. The molecule has 0 spiro atoms. The summed E-state index contributed by atoms with van der Waals surface area (Å²) in [5.74, 6) is 2.21. The number of benzene rings is 4. The van der Waals surface area contributed by atoms with Gasteiger partial charge in [-0.25, -0.2) is 9.97 Å². The van der Waals surface area contributed by atoms with Crippen LogP contribution in [0.15, 0.2) is 93.8 Å². The molecule has 0 saturated carbocycles. The van der Waals surface area contributed by atoms with Crippen molar-refractivity contribution in [3.63, 3.8) is 0 Å². The molecule has 0 aliphatic rings. The average molecular weight is 499 g/mol. The Morgan fingerprint density at radius 2 is 0.921 bits per heavy atom. The van der Waals surface area contributed by atoms with E-state index in [0.717, 1.165) is 44.5 Å². The van der Waals surface area contributed by atoms with Gasteiger partial charge in [-0.15, -0.1) is 0 Å². The highest BCUT2D eigenvalue weighted by Gasteiger charge is 2.11. The van der Waals surface area contributed by atoms with Gasteiger partial charge in [0.2, 0.25) is 11.8 Å². The van der Waals surface area contributed by atoms with Gasteiger partial charge in [0.15, 0.2) is 11.2 Å². The van der Waals surface area contributed by atoms with Gasteiger partial charge in [0.05, 0.1) is 0 Å². The summed E-state index contributed by atoms with van der Waals surface area (Å²) in [5.41, 5.74) is 10.1. The van der Waals surface area contributed by atoms with Crippen LogP contribution in [-0.4, -0.2) is 9.97 Å². The summed E-state index contributed by atoms with van der Waals surface area (Å²) >= 11 is 0. The van der Waals surface area contributed by atoms with Crippen molar-refractivity contribution in [3.05, 3.63) is 107 Å². The van der Waals surface area contributed by atoms with E-state index in [1.54, 1.807) is 0 Å². The number of hydrogen-bond acceptors (Lipinski definition) is 4. The standard InChI is InChI=1S/C34H30N2O2/c1-21(2)27-15-17-31-29(19-27)35-33(37-31)25-11-7-23(8-12-25)5-6-24-9-13-26(14-10-24)34-36-30-20-28(22(3)4)16-18-32(30)38-34/h5-22H,1-4H3. The molecule has 0 unspecified atom stereocenters. The van der Waals surface area contributed by atoms with Gasteiger partial charge in [-0.05, 0) is 82.6 Å². The molecule has 0 amide bonds. The van der Waals surface area contributed by atoms with Crippen LogP contribution >= 0.6 is 0 Å². The molecule has 0 aliphatic carbocycles. The first-order chi connectivity index (χ1) is 18.4. The van der Waals surface area contributed by atoms with Crippen molar-refractivity contribution in [1.29, 1.82) is 0 Å². The molecule has 0 saturated heterocycles. The zero-order valence-corrected chi connectivity index (χ0v) is 22.1. The van der Waals surface area contributed by atoms with E-state index in [0.29, 0.717) is 23.6 Å². The highest BCUT2D eigenvalue weighted by Crippen LogP contribution is 2.29. The Bertz CT molecular complexity index is 1620. The van der Waals surface area contributed by atoms with Crippen LogP contribution < -0.4 is 0 Å². The monoisotopic (exact) mass is 498 g/mol. The quantitative estimate of drug-likeness (QED) is 0.214. The van der Waals surface area contributed by atoms with E-state index in [1.807, 2.05) is 12.1 Å². The minimum atomic E-state index is 0.460. The molecular weight excluding hydrogens is 468 g/mol. The van der Waals surface area contributed by atoms with Crippen LogP contribution in [0.1, 0.15) is 61.8 Å². The van der Waals surface area contributed by atoms with Crippen molar-refractivity contribution >= 4 is 34.4 Å². The molecule has 0 radical (unpaired) electrons. The van der Waals surface area contributed by atoms with E-state index >= 15 is 0 Å². The summed E-state index contributed by atoms with van der Waals surface area (Å²) in [6.07, 6.45) is 4.21. The topological polar surface area (TPSA) is 52.1 Å². The maximum Gasteiger partial charge on any atom is 0.227 e. The van der Waals surface area contributed by atoms with E-state index in [9.17, 15) is 0 Å². The van der Waals surface area contributed by atoms with Gasteiger partial charge in [0.25, 0.3) is 0 Å². The van der Waals surface area contributed by atoms with Gasteiger partial charge in [0, 0.05) is 11.1 Å². The molecule has 6 aromatic rings. The van der Waals surface area contributed by atoms with Crippen LogP contribution in [0.3, 0.4) is 0 Å². The van der Waals surface area contributed by atoms with Crippen LogP contribution in [0.2, 0.25) is 0 Å². The Morgan fingerprint density at radius 3 is 1.29 bits per heavy atom. The molecule has 4 heteroatoms. The Labute approximate surface area is 222 Å². The first-order valence-electron chi connectivity index (χ1n) is 13.1. The fourth-order valence-corrected chi connectivity index (χ4v) is 4.52. The van der Waals surface area contributed by atoms with Crippen LogP contribution in [0, 0.1) is 0 Å². The highest BCUT2D eigenvalue weighted by molar-refractivity contribution is 5.79. The third kappa shape index (κ3) is 4.78. The maximum atomic E-state index is 6.00. The molecule has 0 fully saturated rings. The van der Waals surface area contributed by atoms with Gasteiger partial charge in [0.1, 0.15) is 11.0 Å². The Balaban J connectivity index is 1.16. The molecule has 0 atom stereocenters. The second-order valence-electron chi connectivity index (χ2n) is 10.4. The lowest BCUT2D eigenvalue weighted by atomic mass is 10.0. The first-order valence-corrected chi connectivity index (χ1v) is 13.1. The van der Waals surface area contributed by atoms with Crippen LogP contribution in [-0.2, 0) is 0 Å². The predicted octanol–water partition coefficient (Wildman–Crippen LogP) is 9.72. The predicted molar refractivity (Wildman–Crippen MR) is 156 cm³/mol. The van der Waals surface area contributed by atoms with E-state index < -0.39 is 0 Å². The number of rotatable bonds is 6. The summed E-state index contributed by atoms with van der Waals surface area (Å²) in [6.45, 7) is 8.73. The van der Waals surface area contributed by atoms with Crippen molar-refractivity contribution in [2.24, 2.45) is 0 Å². The van der Waals surface area contributed by atoms with Crippen molar-refractivity contribution in [2.75, 3.05) is 0 Å². The number of fused-ring (bicyclic) bond motifs is 2. The van der Waals surface area contributed by atoms with Crippen LogP contribution in [0.5, 0.6) is 0 Å². The lowest BCUT2D eigenvalue weighted by molar-refractivity contribution is 0.619. The second kappa shape index (κ2) is 9.79. The molecule has 6 rings (SSSR count). The van der Waals surface area contributed by atoms with Crippen LogP contribution in [0.25, 0.3) is 57.3 Å². The second-order valence-corrected chi connectivity index (χ2v) is 10.4. The van der Waals surface area contributed by atoms with E-state index in [4.69, 9.17) is 18.8 Å². The fourth-order valence-electron chi connectivity index (χ4n) is 4.52. The van der Waals surface area contributed by atoms with E-state index in [2.05, 4.69) is 113 Å². The first kappa shape index (κ1) is 23.9. The number of nitrogens with zero attached hydrogens (tertiary/aromatic N) is 2. The molecule has 188 valence electrons. The minimum Gasteiger partial charge on any atom is -0.436 e. The third-order valence-corrected chi connectivity index (χ3v) is 6.94. The van der Waals surface area contributed by atoms with E-state index in [1.165, 1.54) is 11.1 Å². The molecule has 4 aromatic carbocycles. The molecule has 0 bridgehead atoms. The summed E-state index contributed by atoms with van der Waals surface area (Å²) in [6, 6.07) is 29.0. The third-order valence-electron chi connectivity index (χ3n) is 6.94. The lowest BCUT2D eigenvalue weighted by Gasteiger charge is -2.02. The Hall–Kier alpha value is -4.44. The number of hydrogen-bond donors (Lipinski definition) is 0. The molecule has 2 aromatic heterocycles. The van der Waals surface area contributed by atoms with Gasteiger partial charge < -0.3 is 8.83 Å². The molecule has 2 heterocycles. The molecule has 0 N–H and O–H groups in total. The zero-order valence-electron chi connectivity index (χ0n) is 22.1. The number of aromatic nitrogens is 2. The summed E-state index contributed by atoms with van der Waals surface area (Å²) in [5, 5.41) is 0. The average Bonchev–Trinajstić information content (AvgIpc) is 3.56. The minimum absolute atomic E-state index is 0.460. The molecule has 38 heavy (non-hydrogen) atoms. The maximum absolute atomic E-state index is 6.00. The van der Waals surface area contributed by atoms with Crippen molar-refractivity contribution in [3.8, 4) is 22.9 Å². The normalized spacial score (nSPS) is 12.1. The van der Waals surface area contributed by atoms with Gasteiger partial charge in [-0.1, -0.05) is 76.2 Å². The van der Waals surface area contributed by atoms with Gasteiger partial charge in [-0.2, -0.15) is 0 Å². The Morgan fingerprint density at radius 1 is 0.526 bits per heavy atom. The summed E-state index contributed by atoms with van der Waals surface area (Å²) in [4.78, 5) is 9.42. The van der Waals surface area contributed by atoms with E-state index in [-0.39, 0.29) is 0 Å². The van der Waals surface area contributed by atoms with Gasteiger partial charge in [-0.3, -0.25) is 0 Å². The lowest BCUT2D eigenvalue weighted by Crippen LogP contribution is -1.85. The Kier molecular flexibility index (Phi) is 6.16. The molecular formula is C34H30N2O2. The zero-order chi connectivity index (χ0) is 26.2. The number of oxazole rings is 2.